The number of aromatic nitrogens is 4. The highest BCUT2D eigenvalue weighted by Crippen LogP contribution is 2.33. The molecule has 3 aromatic heterocycles. The van der Waals surface area contributed by atoms with Crippen LogP contribution in [0.3, 0.4) is 0 Å². The number of ether oxygens (including phenoxy) is 1. The molecule has 0 saturated carbocycles. The Morgan fingerprint density at radius 1 is 1.38 bits per heavy atom. The lowest BCUT2D eigenvalue weighted by atomic mass is 10.2. The van der Waals surface area contributed by atoms with Gasteiger partial charge < -0.3 is 4.74 Å². The molecule has 0 spiro atoms. The summed E-state index contributed by atoms with van der Waals surface area (Å²) in [6, 6.07) is 5.95. The molecular formula is C15H10FN5O2S. The number of carbonyl (C=O) groups is 1. The van der Waals surface area contributed by atoms with Gasteiger partial charge in [0.15, 0.2) is 10.8 Å². The summed E-state index contributed by atoms with van der Waals surface area (Å²) in [5.41, 5.74) is 1.58. The molecule has 0 aliphatic rings. The van der Waals surface area contributed by atoms with Crippen molar-refractivity contribution in [2.45, 2.75) is 0 Å². The molecular weight excluding hydrogens is 333 g/mol. The van der Waals surface area contributed by atoms with Gasteiger partial charge in [0, 0.05) is 12.3 Å². The fraction of sp³-hybridized carbons (Fsp3) is 0.0667. The first-order valence-electron chi connectivity index (χ1n) is 6.89. The fourth-order valence-electron chi connectivity index (χ4n) is 2.31. The van der Waals surface area contributed by atoms with E-state index in [-0.39, 0.29) is 5.91 Å². The number of nitrogens with zero attached hydrogens (tertiary/aromatic N) is 4. The SMILES string of the molecule is COc1cc(F)cc2sc(NC(=O)c3ccc4nncn4c3)nc12. The Hall–Kier alpha value is -3.07. The first kappa shape index (κ1) is 14.5. The summed E-state index contributed by atoms with van der Waals surface area (Å²) in [6.07, 6.45) is 3.13. The molecule has 0 saturated heterocycles. The van der Waals surface area contributed by atoms with Crippen LogP contribution >= 0.6 is 11.3 Å². The zero-order valence-corrected chi connectivity index (χ0v) is 13.2. The van der Waals surface area contributed by atoms with Gasteiger partial charge in [-0.05, 0) is 18.2 Å². The predicted octanol–water partition coefficient (Wildman–Crippen LogP) is 2.74. The average Bonchev–Trinajstić information content (AvgIpc) is 3.19. The zero-order chi connectivity index (χ0) is 16.7. The second kappa shape index (κ2) is 5.53. The van der Waals surface area contributed by atoms with Crippen LogP contribution in [0.5, 0.6) is 5.75 Å². The van der Waals surface area contributed by atoms with E-state index in [2.05, 4.69) is 20.5 Å². The maximum Gasteiger partial charge on any atom is 0.258 e. The quantitative estimate of drug-likeness (QED) is 0.618. The Kier molecular flexibility index (Phi) is 3.35. The van der Waals surface area contributed by atoms with Crippen LogP contribution in [0.1, 0.15) is 10.4 Å². The monoisotopic (exact) mass is 343 g/mol. The minimum atomic E-state index is -0.418. The van der Waals surface area contributed by atoms with E-state index in [1.54, 1.807) is 22.7 Å². The van der Waals surface area contributed by atoms with E-state index in [9.17, 15) is 9.18 Å². The lowest BCUT2D eigenvalue weighted by Crippen LogP contribution is -2.12. The molecule has 0 aliphatic carbocycles. The summed E-state index contributed by atoms with van der Waals surface area (Å²) < 4.78 is 20.9. The van der Waals surface area contributed by atoms with E-state index < -0.39 is 5.82 Å². The Balaban J connectivity index is 1.66. The van der Waals surface area contributed by atoms with Gasteiger partial charge in [0.2, 0.25) is 0 Å². The second-order valence-electron chi connectivity index (χ2n) is 4.94. The van der Waals surface area contributed by atoms with E-state index in [0.717, 1.165) is 0 Å². The number of rotatable bonds is 3. The number of thiazole rings is 1. The van der Waals surface area contributed by atoms with Gasteiger partial charge in [-0.1, -0.05) is 11.3 Å². The Morgan fingerprint density at radius 2 is 2.25 bits per heavy atom. The summed E-state index contributed by atoms with van der Waals surface area (Å²) in [5.74, 6) is -0.421. The number of nitrogens with one attached hydrogen (secondary N) is 1. The van der Waals surface area contributed by atoms with Gasteiger partial charge in [-0.25, -0.2) is 9.37 Å². The van der Waals surface area contributed by atoms with Crippen molar-refractivity contribution in [3.05, 3.63) is 48.2 Å². The number of pyridine rings is 1. The highest BCUT2D eigenvalue weighted by atomic mass is 32.1. The molecule has 3 heterocycles. The number of halogens is 1. The topological polar surface area (TPSA) is 81.4 Å². The number of carbonyl (C=O) groups excluding carboxylic acids is 1. The molecule has 0 bridgehead atoms. The Morgan fingerprint density at radius 3 is 3.08 bits per heavy atom. The van der Waals surface area contributed by atoms with E-state index in [1.807, 2.05) is 0 Å². The molecule has 1 aromatic carbocycles. The Labute approximate surface area is 138 Å². The van der Waals surface area contributed by atoms with Gasteiger partial charge in [0.1, 0.15) is 23.4 Å². The Bertz CT molecular complexity index is 1070. The fourth-order valence-corrected chi connectivity index (χ4v) is 3.21. The van der Waals surface area contributed by atoms with Gasteiger partial charge in [-0.2, -0.15) is 0 Å². The van der Waals surface area contributed by atoms with Crippen molar-refractivity contribution in [1.82, 2.24) is 19.6 Å². The van der Waals surface area contributed by atoms with Crippen molar-refractivity contribution in [2.75, 3.05) is 12.4 Å². The van der Waals surface area contributed by atoms with Crippen molar-refractivity contribution in [2.24, 2.45) is 0 Å². The molecule has 9 heteroatoms. The van der Waals surface area contributed by atoms with Crippen LogP contribution in [0.15, 0.2) is 36.8 Å². The molecule has 0 radical (unpaired) electrons. The van der Waals surface area contributed by atoms with Crippen LogP contribution in [0.25, 0.3) is 15.9 Å². The van der Waals surface area contributed by atoms with Crippen molar-refractivity contribution >= 4 is 38.2 Å². The third-order valence-electron chi connectivity index (χ3n) is 3.42. The number of hydrogen-bond donors (Lipinski definition) is 1. The van der Waals surface area contributed by atoms with Gasteiger partial charge in [-0.15, -0.1) is 10.2 Å². The van der Waals surface area contributed by atoms with Crippen molar-refractivity contribution < 1.29 is 13.9 Å². The number of anilines is 1. The standard InChI is InChI=1S/C15H10FN5O2S/c1-23-10-4-9(16)5-11-13(10)18-15(24-11)19-14(22)8-2-3-12-20-17-7-21(12)6-8/h2-7H,1H3,(H,18,19,22). The smallest absolute Gasteiger partial charge is 0.258 e. The second-order valence-corrected chi connectivity index (χ2v) is 5.97. The molecule has 1 N–H and O–H groups in total. The lowest BCUT2D eigenvalue weighted by Gasteiger charge is -2.02. The van der Waals surface area contributed by atoms with Crippen LogP contribution < -0.4 is 10.1 Å². The molecule has 4 aromatic rings. The van der Waals surface area contributed by atoms with Crippen LogP contribution in [0.2, 0.25) is 0 Å². The van der Waals surface area contributed by atoms with Gasteiger partial charge in [0.25, 0.3) is 5.91 Å². The highest BCUT2D eigenvalue weighted by molar-refractivity contribution is 7.22. The maximum absolute atomic E-state index is 13.5. The third kappa shape index (κ3) is 2.44. The molecule has 4 rings (SSSR count). The van der Waals surface area contributed by atoms with Crippen molar-refractivity contribution in [1.29, 1.82) is 0 Å². The summed E-state index contributed by atoms with van der Waals surface area (Å²) in [5, 5.41) is 10.7. The summed E-state index contributed by atoms with van der Waals surface area (Å²) >= 11 is 1.17. The van der Waals surface area contributed by atoms with Crippen LogP contribution in [-0.2, 0) is 0 Å². The first-order valence-corrected chi connectivity index (χ1v) is 7.70. The van der Waals surface area contributed by atoms with Crippen LogP contribution in [-0.4, -0.2) is 32.6 Å². The van der Waals surface area contributed by atoms with E-state index >= 15 is 0 Å². The minimum absolute atomic E-state index is 0.327. The molecule has 0 unspecified atom stereocenters. The van der Waals surface area contributed by atoms with Gasteiger partial charge in [-0.3, -0.25) is 14.5 Å². The third-order valence-corrected chi connectivity index (χ3v) is 4.34. The number of benzene rings is 1. The van der Waals surface area contributed by atoms with Crippen molar-refractivity contribution in [3.63, 3.8) is 0 Å². The van der Waals surface area contributed by atoms with Gasteiger partial charge in [0.05, 0.1) is 17.4 Å². The number of hydrogen-bond acceptors (Lipinski definition) is 6. The number of methoxy groups -OCH3 is 1. The molecule has 0 aliphatic heterocycles. The molecule has 24 heavy (non-hydrogen) atoms. The summed E-state index contributed by atoms with van der Waals surface area (Å²) in [6.45, 7) is 0. The maximum atomic E-state index is 13.5. The molecule has 0 fully saturated rings. The normalized spacial score (nSPS) is 11.1. The first-order chi connectivity index (χ1) is 11.6. The van der Waals surface area contributed by atoms with Crippen molar-refractivity contribution in [3.8, 4) is 5.75 Å². The number of amides is 1. The molecule has 0 atom stereocenters. The highest BCUT2D eigenvalue weighted by Gasteiger charge is 2.14. The van der Waals surface area contributed by atoms with E-state index in [0.29, 0.717) is 32.3 Å². The molecule has 120 valence electrons. The van der Waals surface area contributed by atoms with Crippen LogP contribution in [0.4, 0.5) is 9.52 Å². The van der Waals surface area contributed by atoms with E-state index in [1.165, 1.54) is 36.9 Å². The zero-order valence-electron chi connectivity index (χ0n) is 12.4. The van der Waals surface area contributed by atoms with E-state index in [4.69, 9.17) is 4.74 Å². The van der Waals surface area contributed by atoms with Crippen LogP contribution in [0, 0.1) is 5.82 Å². The van der Waals surface area contributed by atoms with Gasteiger partial charge >= 0.3 is 0 Å². The summed E-state index contributed by atoms with van der Waals surface area (Å²) in [7, 11) is 1.44. The largest absolute Gasteiger partial charge is 0.494 e. The average molecular weight is 343 g/mol. The predicted molar refractivity (Wildman–Crippen MR) is 87.1 cm³/mol. The molecule has 7 nitrogen and oxygen atoms in total. The minimum Gasteiger partial charge on any atom is -0.494 e. The molecule has 1 amide bonds. The lowest BCUT2D eigenvalue weighted by molar-refractivity contribution is 0.102. The summed E-state index contributed by atoms with van der Waals surface area (Å²) in [4.78, 5) is 16.7. The number of fused-ring (bicyclic) bond motifs is 2.